The summed E-state index contributed by atoms with van der Waals surface area (Å²) in [6.07, 6.45) is 9.85. The van der Waals surface area contributed by atoms with Gasteiger partial charge in [-0.3, -0.25) is 9.89 Å². The number of rotatable bonds is 7. The molecule has 2 unspecified atom stereocenters. The lowest BCUT2D eigenvalue weighted by molar-refractivity contribution is 0.119. The molecule has 5 nitrogen and oxygen atoms in total. The summed E-state index contributed by atoms with van der Waals surface area (Å²) in [7, 11) is 4.43. The second-order valence-electron chi connectivity index (χ2n) is 8.24. The van der Waals surface area contributed by atoms with E-state index in [0.717, 1.165) is 44.6 Å². The van der Waals surface area contributed by atoms with Crippen LogP contribution in [0, 0.1) is 5.92 Å². The van der Waals surface area contributed by atoms with E-state index in [1.807, 2.05) is 0 Å². The van der Waals surface area contributed by atoms with Gasteiger partial charge >= 0.3 is 0 Å². The fourth-order valence-corrected chi connectivity index (χ4v) is 4.08. The third kappa shape index (κ3) is 8.74. The van der Waals surface area contributed by atoms with Crippen LogP contribution in [0.15, 0.2) is 4.99 Å². The van der Waals surface area contributed by atoms with Crippen LogP contribution in [-0.4, -0.2) is 74.7 Å². The monoisotopic (exact) mass is 479 g/mol. The van der Waals surface area contributed by atoms with E-state index in [1.54, 1.807) is 0 Å². The zero-order valence-electron chi connectivity index (χ0n) is 17.5. The molecule has 0 aromatic carbocycles. The Morgan fingerprint density at radius 3 is 2.58 bits per heavy atom. The van der Waals surface area contributed by atoms with Gasteiger partial charge in [-0.05, 0) is 46.7 Å². The molecule has 6 heteroatoms. The number of nitrogens with zero attached hydrogens (tertiary/aromatic N) is 3. The molecule has 0 aromatic heterocycles. The molecular weight excluding hydrogens is 437 g/mol. The van der Waals surface area contributed by atoms with Crippen LogP contribution in [0.2, 0.25) is 0 Å². The quantitative estimate of drug-likeness (QED) is 0.335. The van der Waals surface area contributed by atoms with E-state index in [0.29, 0.717) is 12.1 Å². The second kappa shape index (κ2) is 13.2. The highest BCUT2D eigenvalue weighted by atomic mass is 127. The molecule has 1 heterocycles. The molecule has 0 spiro atoms. The van der Waals surface area contributed by atoms with Crippen molar-refractivity contribution >= 4 is 29.9 Å². The Balaban J connectivity index is 0.00000338. The lowest BCUT2D eigenvalue weighted by Gasteiger charge is -2.37. The summed E-state index contributed by atoms with van der Waals surface area (Å²) in [6, 6.07) is 1.01. The van der Waals surface area contributed by atoms with E-state index in [1.165, 1.54) is 44.9 Å². The van der Waals surface area contributed by atoms with Crippen LogP contribution in [0.4, 0.5) is 0 Å². The number of guanidine groups is 1. The van der Waals surface area contributed by atoms with E-state index >= 15 is 0 Å². The van der Waals surface area contributed by atoms with Gasteiger partial charge in [0, 0.05) is 38.3 Å². The van der Waals surface area contributed by atoms with Crippen molar-refractivity contribution in [1.82, 2.24) is 20.4 Å². The van der Waals surface area contributed by atoms with Crippen molar-refractivity contribution in [1.29, 1.82) is 0 Å². The maximum atomic E-state index is 4.88. The Bertz CT molecular complexity index is 398. The van der Waals surface area contributed by atoms with Crippen molar-refractivity contribution in [2.45, 2.75) is 70.9 Å². The normalized spacial score (nSPS) is 24.8. The molecule has 26 heavy (non-hydrogen) atoms. The van der Waals surface area contributed by atoms with E-state index in [-0.39, 0.29) is 24.0 Å². The zero-order chi connectivity index (χ0) is 18.1. The highest BCUT2D eigenvalue weighted by molar-refractivity contribution is 14.0. The van der Waals surface area contributed by atoms with Crippen LogP contribution in [0.3, 0.4) is 0 Å². The van der Waals surface area contributed by atoms with Crippen molar-refractivity contribution in [3.63, 3.8) is 0 Å². The van der Waals surface area contributed by atoms with Gasteiger partial charge in [-0.15, -0.1) is 24.0 Å². The fraction of sp³-hybridized carbons (Fsp3) is 0.950. The first-order valence-electron chi connectivity index (χ1n) is 10.5. The number of hydrogen-bond acceptors (Lipinski definition) is 3. The number of likely N-dealkylation sites (N-methyl/N-ethyl adjacent to an activating group) is 2. The number of halogens is 1. The van der Waals surface area contributed by atoms with Gasteiger partial charge < -0.3 is 15.5 Å². The van der Waals surface area contributed by atoms with Gasteiger partial charge in [0.2, 0.25) is 0 Å². The Kier molecular flexibility index (Phi) is 12.1. The first-order chi connectivity index (χ1) is 12.1. The minimum Gasteiger partial charge on any atom is -0.357 e. The van der Waals surface area contributed by atoms with Crippen molar-refractivity contribution in [3.8, 4) is 0 Å². The summed E-state index contributed by atoms with van der Waals surface area (Å²) in [5, 5.41) is 7.05. The third-order valence-corrected chi connectivity index (χ3v) is 5.90. The van der Waals surface area contributed by atoms with Crippen molar-refractivity contribution in [2.24, 2.45) is 10.9 Å². The number of hydrogen-bond donors (Lipinski definition) is 2. The average Bonchev–Trinajstić information content (AvgIpc) is 2.61. The maximum Gasteiger partial charge on any atom is 0.191 e. The molecule has 1 saturated heterocycles. The topological polar surface area (TPSA) is 42.9 Å². The molecule has 0 bridgehead atoms. The zero-order valence-corrected chi connectivity index (χ0v) is 19.8. The second-order valence-corrected chi connectivity index (χ2v) is 8.24. The molecule has 0 aromatic rings. The van der Waals surface area contributed by atoms with Gasteiger partial charge in [0.05, 0.1) is 6.54 Å². The first-order valence-corrected chi connectivity index (χ1v) is 10.5. The number of piperazine rings is 1. The summed E-state index contributed by atoms with van der Waals surface area (Å²) in [5.41, 5.74) is 0. The Labute approximate surface area is 178 Å². The van der Waals surface area contributed by atoms with Crippen LogP contribution in [-0.2, 0) is 0 Å². The highest BCUT2D eigenvalue weighted by Crippen LogP contribution is 2.27. The van der Waals surface area contributed by atoms with Crippen molar-refractivity contribution in [3.05, 3.63) is 0 Å². The Morgan fingerprint density at radius 1 is 1.15 bits per heavy atom. The lowest BCUT2D eigenvalue weighted by atomic mass is 9.85. The van der Waals surface area contributed by atoms with Crippen LogP contribution in [0.5, 0.6) is 0 Å². The molecule has 0 radical (unpaired) electrons. The van der Waals surface area contributed by atoms with Gasteiger partial charge in [-0.2, -0.15) is 0 Å². The minimum absolute atomic E-state index is 0. The Hall–Kier alpha value is -0.0800. The minimum atomic E-state index is 0. The molecular formula is C20H42IN5. The van der Waals surface area contributed by atoms with Crippen molar-refractivity contribution in [2.75, 3.05) is 46.8 Å². The summed E-state index contributed by atoms with van der Waals surface area (Å²) in [4.78, 5) is 9.74. The molecule has 0 amide bonds. The standard InChI is InChI=1S/C20H41N5.HI/c1-5-21-20(22-15-19-16-24(3)13-14-25(19)4)23-17(2)11-12-18-9-7-6-8-10-18;/h17-19H,5-16H2,1-4H3,(H2,21,22,23);1H. The van der Waals surface area contributed by atoms with Crippen LogP contribution in [0.1, 0.15) is 58.8 Å². The molecule has 2 aliphatic rings. The van der Waals surface area contributed by atoms with E-state index in [4.69, 9.17) is 4.99 Å². The predicted octanol–water partition coefficient (Wildman–Crippen LogP) is 3.15. The van der Waals surface area contributed by atoms with Crippen LogP contribution in [0.25, 0.3) is 0 Å². The lowest BCUT2D eigenvalue weighted by Crippen LogP contribution is -2.52. The molecule has 154 valence electrons. The smallest absolute Gasteiger partial charge is 0.191 e. The molecule has 2 fully saturated rings. The summed E-state index contributed by atoms with van der Waals surface area (Å²) >= 11 is 0. The predicted molar refractivity (Wildman–Crippen MR) is 124 cm³/mol. The van der Waals surface area contributed by atoms with Gasteiger partial charge in [0.1, 0.15) is 0 Å². The largest absolute Gasteiger partial charge is 0.357 e. The third-order valence-electron chi connectivity index (χ3n) is 5.90. The highest BCUT2D eigenvalue weighted by Gasteiger charge is 2.22. The van der Waals surface area contributed by atoms with E-state index in [9.17, 15) is 0 Å². The summed E-state index contributed by atoms with van der Waals surface area (Å²) in [6.45, 7) is 9.63. The molecule has 1 aliphatic carbocycles. The van der Waals surface area contributed by atoms with Gasteiger partial charge in [0.15, 0.2) is 5.96 Å². The molecule has 1 saturated carbocycles. The molecule has 2 rings (SSSR count). The van der Waals surface area contributed by atoms with Gasteiger partial charge in [-0.25, -0.2) is 0 Å². The summed E-state index contributed by atoms with van der Waals surface area (Å²) in [5.74, 6) is 1.95. The van der Waals surface area contributed by atoms with Gasteiger partial charge in [-0.1, -0.05) is 32.1 Å². The molecule has 1 aliphatic heterocycles. The van der Waals surface area contributed by atoms with E-state index < -0.39 is 0 Å². The number of nitrogens with one attached hydrogen (secondary N) is 2. The SMILES string of the molecule is CCNC(=NCC1CN(C)CCN1C)NC(C)CCC1CCCCC1.I. The molecule has 2 N–H and O–H groups in total. The van der Waals surface area contributed by atoms with Crippen molar-refractivity contribution < 1.29 is 0 Å². The first kappa shape index (κ1) is 24.0. The fourth-order valence-electron chi connectivity index (χ4n) is 4.08. The number of aliphatic imine (C=N–C) groups is 1. The average molecular weight is 479 g/mol. The molecule has 2 atom stereocenters. The van der Waals surface area contributed by atoms with E-state index in [2.05, 4.69) is 48.4 Å². The van der Waals surface area contributed by atoms with Crippen LogP contribution >= 0.6 is 24.0 Å². The van der Waals surface area contributed by atoms with Crippen LogP contribution < -0.4 is 10.6 Å². The van der Waals surface area contributed by atoms with Gasteiger partial charge in [0.25, 0.3) is 0 Å². The summed E-state index contributed by atoms with van der Waals surface area (Å²) < 4.78 is 0. The Morgan fingerprint density at radius 2 is 1.88 bits per heavy atom. The maximum absolute atomic E-state index is 4.88.